The third-order valence-electron chi connectivity index (χ3n) is 3.84. The molecule has 134 valence electrons. The van der Waals surface area contributed by atoms with E-state index in [1.54, 1.807) is 19.1 Å². The molecule has 0 bridgehead atoms. The van der Waals surface area contributed by atoms with Crippen molar-refractivity contribution in [1.29, 1.82) is 0 Å². The maximum atomic E-state index is 11.8. The molecule has 25 heavy (non-hydrogen) atoms. The Morgan fingerprint density at radius 3 is 2.40 bits per heavy atom. The summed E-state index contributed by atoms with van der Waals surface area (Å²) >= 11 is 0. The van der Waals surface area contributed by atoms with Gasteiger partial charge in [0.25, 0.3) is 0 Å². The van der Waals surface area contributed by atoms with Crippen molar-refractivity contribution in [3.63, 3.8) is 0 Å². The Labute approximate surface area is 147 Å². The van der Waals surface area contributed by atoms with E-state index in [4.69, 9.17) is 4.42 Å². The van der Waals surface area contributed by atoms with Crippen molar-refractivity contribution in [2.75, 3.05) is 13.1 Å². The van der Waals surface area contributed by atoms with Crippen LogP contribution in [-0.4, -0.2) is 30.0 Å². The summed E-state index contributed by atoms with van der Waals surface area (Å²) in [7, 11) is 0. The van der Waals surface area contributed by atoms with Crippen molar-refractivity contribution in [3.05, 3.63) is 59.5 Å². The summed E-state index contributed by atoms with van der Waals surface area (Å²) in [5, 5.41) is 15.3. The molecule has 2 amide bonds. The van der Waals surface area contributed by atoms with Gasteiger partial charge in [-0.05, 0) is 44.4 Å². The zero-order valence-electron chi connectivity index (χ0n) is 14.5. The van der Waals surface area contributed by atoms with Crippen molar-refractivity contribution in [1.82, 2.24) is 10.6 Å². The number of furan rings is 1. The van der Waals surface area contributed by atoms with Gasteiger partial charge in [-0.1, -0.05) is 30.3 Å². The molecule has 0 fully saturated rings. The highest BCUT2D eigenvalue weighted by molar-refractivity contribution is 6.35. The van der Waals surface area contributed by atoms with Crippen LogP contribution in [0.1, 0.15) is 30.4 Å². The first kappa shape index (κ1) is 18.7. The van der Waals surface area contributed by atoms with E-state index in [1.807, 2.05) is 30.3 Å². The van der Waals surface area contributed by atoms with Crippen LogP contribution in [0, 0.1) is 6.92 Å². The number of aliphatic hydroxyl groups is 1. The number of aryl methyl sites for hydroxylation is 2. The highest BCUT2D eigenvalue weighted by Gasteiger charge is 2.28. The fourth-order valence-electron chi connectivity index (χ4n) is 2.36. The van der Waals surface area contributed by atoms with Crippen LogP contribution in [0.4, 0.5) is 0 Å². The lowest BCUT2D eigenvalue weighted by molar-refractivity contribution is -0.139. The lowest BCUT2D eigenvalue weighted by Crippen LogP contribution is -2.45. The second-order valence-corrected chi connectivity index (χ2v) is 6.21. The molecular weight excluding hydrogens is 320 g/mol. The summed E-state index contributed by atoms with van der Waals surface area (Å²) in [4.78, 5) is 23.6. The molecule has 0 aliphatic carbocycles. The van der Waals surface area contributed by atoms with E-state index in [2.05, 4.69) is 10.6 Å². The molecule has 1 atom stereocenters. The molecule has 6 heteroatoms. The van der Waals surface area contributed by atoms with Gasteiger partial charge in [-0.3, -0.25) is 9.59 Å². The van der Waals surface area contributed by atoms with Crippen LogP contribution in [0.3, 0.4) is 0 Å². The third kappa shape index (κ3) is 5.76. The maximum Gasteiger partial charge on any atom is 0.309 e. The third-order valence-corrected chi connectivity index (χ3v) is 3.84. The molecule has 1 aromatic heterocycles. The molecular formula is C19H24N2O4. The monoisotopic (exact) mass is 344 g/mol. The van der Waals surface area contributed by atoms with Crippen molar-refractivity contribution in [2.45, 2.75) is 32.3 Å². The summed E-state index contributed by atoms with van der Waals surface area (Å²) < 4.78 is 5.36. The molecule has 2 rings (SSSR count). The number of amides is 2. The predicted octanol–water partition coefficient (Wildman–Crippen LogP) is 1.66. The first-order chi connectivity index (χ1) is 11.9. The van der Waals surface area contributed by atoms with Gasteiger partial charge in [0.05, 0.1) is 6.54 Å². The van der Waals surface area contributed by atoms with Crippen molar-refractivity contribution < 1.29 is 19.1 Å². The van der Waals surface area contributed by atoms with Gasteiger partial charge < -0.3 is 20.2 Å². The Morgan fingerprint density at radius 2 is 1.76 bits per heavy atom. The predicted molar refractivity (Wildman–Crippen MR) is 93.8 cm³/mol. The maximum absolute atomic E-state index is 11.8. The van der Waals surface area contributed by atoms with E-state index in [0.717, 1.165) is 12.8 Å². The Bertz CT molecular complexity index is 707. The van der Waals surface area contributed by atoms with Gasteiger partial charge in [0.1, 0.15) is 17.1 Å². The van der Waals surface area contributed by atoms with Gasteiger partial charge in [0.2, 0.25) is 0 Å². The second-order valence-electron chi connectivity index (χ2n) is 6.21. The SMILES string of the molecule is Cc1ccc(C(C)(O)CNC(=O)C(=O)NCCCc2ccccc2)o1. The number of hydrogen-bond acceptors (Lipinski definition) is 4. The molecule has 1 unspecified atom stereocenters. The topological polar surface area (TPSA) is 91.6 Å². The Kier molecular flexibility index (Phi) is 6.36. The Morgan fingerprint density at radius 1 is 1.08 bits per heavy atom. The Hall–Kier alpha value is -2.60. The van der Waals surface area contributed by atoms with Crippen LogP contribution < -0.4 is 10.6 Å². The highest BCUT2D eigenvalue weighted by Crippen LogP contribution is 2.21. The van der Waals surface area contributed by atoms with Crippen LogP contribution in [0.5, 0.6) is 0 Å². The molecule has 0 radical (unpaired) electrons. The lowest BCUT2D eigenvalue weighted by atomic mass is 10.0. The fourth-order valence-corrected chi connectivity index (χ4v) is 2.36. The van der Waals surface area contributed by atoms with Crippen LogP contribution in [-0.2, 0) is 21.6 Å². The van der Waals surface area contributed by atoms with E-state index in [-0.39, 0.29) is 6.54 Å². The van der Waals surface area contributed by atoms with E-state index >= 15 is 0 Å². The number of rotatable bonds is 7. The largest absolute Gasteiger partial charge is 0.463 e. The van der Waals surface area contributed by atoms with E-state index in [0.29, 0.717) is 18.1 Å². The number of nitrogens with one attached hydrogen (secondary N) is 2. The van der Waals surface area contributed by atoms with Crippen molar-refractivity contribution >= 4 is 11.8 Å². The van der Waals surface area contributed by atoms with Gasteiger partial charge in [-0.25, -0.2) is 0 Å². The number of carbonyl (C=O) groups excluding carboxylic acids is 2. The zero-order valence-corrected chi connectivity index (χ0v) is 14.5. The van der Waals surface area contributed by atoms with E-state index < -0.39 is 17.4 Å². The smallest absolute Gasteiger partial charge is 0.309 e. The van der Waals surface area contributed by atoms with Gasteiger partial charge in [-0.2, -0.15) is 0 Å². The van der Waals surface area contributed by atoms with Crippen LogP contribution in [0.15, 0.2) is 46.9 Å². The average molecular weight is 344 g/mol. The van der Waals surface area contributed by atoms with Gasteiger partial charge in [-0.15, -0.1) is 0 Å². The van der Waals surface area contributed by atoms with E-state index in [1.165, 1.54) is 12.5 Å². The number of benzene rings is 1. The summed E-state index contributed by atoms with van der Waals surface area (Å²) in [6, 6.07) is 13.3. The van der Waals surface area contributed by atoms with Crippen molar-refractivity contribution in [3.8, 4) is 0 Å². The zero-order chi connectivity index (χ0) is 18.3. The summed E-state index contributed by atoms with van der Waals surface area (Å²) in [6.07, 6.45) is 1.57. The van der Waals surface area contributed by atoms with Crippen LogP contribution >= 0.6 is 0 Å². The lowest BCUT2D eigenvalue weighted by Gasteiger charge is -2.21. The molecule has 0 spiro atoms. The quantitative estimate of drug-likeness (QED) is 0.526. The van der Waals surface area contributed by atoms with Crippen LogP contribution in [0.2, 0.25) is 0 Å². The number of hydrogen-bond donors (Lipinski definition) is 3. The minimum Gasteiger partial charge on any atom is -0.463 e. The van der Waals surface area contributed by atoms with Crippen molar-refractivity contribution in [2.24, 2.45) is 0 Å². The first-order valence-corrected chi connectivity index (χ1v) is 8.28. The van der Waals surface area contributed by atoms with Gasteiger partial charge in [0.15, 0.2) is 0 Å². The molecule has 2 aromatic rings. The molecule has 0 saturated heterocycles. The molecule has 1 aromatic carbocycles. The molecule has 6 nitrogen and oxygen atoms in total. The van der Waals surface area contributed by atoms with Gasteiger partial charge in [0, 0.05) is 6.54 Å². The molecule has 3 N–H and O–H groups in total. The first-order valence-electron chi connectivity index (χ1n) is 8.28. The molecule has 0 aliphatic heterocycles. The van der Waals surface area contributed by atoms with Gasteiger partial charge >= 0.3 is 11.8 Å². The summed E-state index contributed by atoms with van der Waals surface area (Å²) in [5.41, 5.74) is -0.191. The highest BCUT2D eigenvalue weighted by atomic mass is 16.4. The Balaban J connectivity index is 1.70. The molecule has 0 saturated carbocycles. The fraction of sp³-hybridized carbons (Fsp3) is 0.368. The summed E-state index contributed by atoms with van der Waals surface area (Å²) in [6.45, 7) is 3.58. The standard InChI is InChI=1S/C19H24N2O4/c1-14-10-11-16(25-14)19(2,24)13-21-18(23)17(22)20-12-6-9-15-7-4-3-5-8-15/h3-5,7-8,10-11,24H,6,9,12-13H2,1-2H3,(H,20,22)(H,21,23). The average Bonchev–Trinajstić information content (AvgIpc) is 3.05. The molecule has 0 aliphatic rings. The summed E-state index contributed by atoms with van der Waals surface area (Å²) in [5.74, 6) is -0.478. The molecule has 1 heterocycles. The number of carbonyl (C=O) groups is 2. The second kappa shape index (κ2) is 8.48. The van der Waals surface area contributed by atoms with E-state index in [9.17, 15) is 14.7 Å². The minimum absolute atomic E-state index is 0.115. The normalized spacial score (nSPS) is 13.1. The van der Waals surface area contributed by atoms with Crippen LogP contribution in [0.25, 0.3) is 0 Å². The minimum atomic E-state index is -1.38.